The average Bonchev–Trinajstić information content (AvgIpc) is 2.63. The van der Waals surface area contributed by atoms with Crippen LogP contribution in [-0.2, 0) is 14.8 Å². The highest BCUT2D eigenvalue weighted by Crippen LogP contribution is 2.18. The van der Waals surface area contributed by atoms with Gasteiger partial charge in [-0.3, -0.25) is 4.72 Å². The fourth-order valence-corrected chi connectivity index (χ4v) is 2.71. The molecule has 2 aromatic rings. The summed E-state index contributed by atoms with van der Waals surface area (Å²) in [4.78, 5) is 12.0. The normalized spacial score (nSPS) is 10.9. The van der Waals surface area contributed by atoms with E-state index in [0.29, 0.717) is 18.0 Å². The van der Waals surface area contributed by atoms with Crippen molar-refractivity contribution in [2.75, 3.05) is 30.8 Å². The first-order valence-electron chi connectivity index (χ1n) is 8.48. The maximum atomic E-state index is 12.0. The van der Waals surface area contributed by atoms with Crippen molar-refractivity contribution >= 4 is 21.7 Å². The van der Waals surface area contributed by atoms with Crippen LogP contribution in [0.4, 0.5) is 5.69 Å². The van der Waals surface area contributed by atoms with Gasteiger partial charge in [-0.1, -0.05) is 13.0 Å². The van der Waals surface area contributed by atoms with Crippen LogP contribution in [0.5, 0.6) is 11.5 Å². The third-order valence-electron chi connectivity index (χ3n) is 3.28. The van der Waals surface area contributed by atoms with Crippen LogP contribution in [0.3, 0.4) is 0 Å². The van der Waals surface area contributed by atoms with Crippen molar-refractivity contribution in [1.29, 1.82) is 0 Å². The van der Waals surface area contributed by atoms with E-state index < -0.39 is 16.0 Å². The van der Waals surface area contributed by atoms with E-state index in [4.69, 9.17) is 14.2 Å². The van der Waals surface area contributed by atoms with Gasteiger partial charge in [-0.05, 0) is 48.9 Å². The zero-order chi connectivity index (χ0) is 19.7. The summed E-state index contributed by atoms with van der Waals surface area (Å²) in [6, 6.07) is 13.3. The number of ether oxygens (including phenoxy) is 3. The Hall–Kier alpha value is -2.74. The highest BCUT2D eigenvalue weighted by Gasteiger charge is 2.09. The molecular formula is C19H23NO6S. The Labute approximate surface area is 159 Å². The summed E-state index contributed by atoms with van der Waals surface area (Å²) in [5, 5.41) is 0. The Morgan fingerprint density at radius 3 is 2.19 bits per heavy atom. The molecule has 0 radical (unpaired) electrons. The quantitative estimate of drug-likeness (QED) is 0.493. The Kier molecular flexibility index (Phi) is 7.48. The van der Waals surface area contributed by atoms with Gasteiger partial charge in [0.1, 0.15) is 24.7 Å². The number of hydrogen-bond acceptors (Lipinski definition) is 6. The number of sulfonamides is 1. The van der Waals surface area contributed by atoms with Gasteiger partial charge < -0.3 is 14.2 Å². The molecule has 0 atom stereocenters. The van der Waals surface area contributed by atoms with Gasteiger partial charge in [0.2, 0.25) is 10.0 Å². The molecule has 0 fully saturated rings. The number of rotatable bonds is 10. The second kappa shape index (κ2) is 9.82. The second-order valence-electron chi connectivity index (χ2n) is 5.76. The summed E-state index contributed by atoms with van der Waals surface area (Å²) in [6.45, 7) is 2.97. The molecular weight excluding hydrogens is 370 g/mol. The highest BCUT2D eigenvalue weighted by molar-refractivity contribution is 7.92. The summed E-state index contributed by atoms with van der Waals surface area (Å²) < 4.78 is 41.0. The van der Waals surface area contributed by atoms with Gasteiger partial charge in [0, 0.05) is 5.69 Å². The van der Waals surface area contributed by atoms with E-state index in [1.807, 2.05) is 19.1 Å². The zero-order valence-corrected chi connectivity index (χ0v) is 16.1. The summed E-state index contributed by atoms with van der Waals surface area (Å²) >= 11 is 0. The van der Waals surface area contributed by atoms with Crippen molar-refractivity contribution < 1.29 is 27.4 Å². The minimum absolute atomic E-state index is 0.0661. The van der Waals surface area contributed by atoms with Gasteiger partial charge in [0.05, 0.1) is 18.4 Å². The van der Waals surface area contributed by atoms with E-state index >= 15 is 0 Å². The van der Waals surface area contributed by atoms with Gasteiger partial charge in [0.15, 0.2) is 0 Å². The van der Waals surface area contributed by atoms with E-state index in [-0.39, 0.29) is 18.8 Å². The molecule has 0 amide bonds. The van der Waals surface area contributed by atoms with Gasteiger partial charge >= 0.3 is 5.97 Å². The molecule has 0 heterocycles. The number of carbonyl (C=O) groups is 1. The van der Waals surface area contributed by atoms with Crippen LogP contribution in [0.1, 0.15) is 23.7 Å². The first-order chi connectivity index (χ1) is 12.9. The average molecular weight is 393 g/mol. The first kappa shape index (κ1) is 20.6. The van der Waals surface area contributed by atoms with Gasteiger partial charge in [-0.25, -0.2) is 13.2 Å². The predicted molar refractivity (Wildman–Crippen MR) is 103 cm³/mol. The summed E-state index contributed by atoms with van der Waals surface area (Å²) in [7, 11) is -3.41. The van der Waals surface area contributed by atoms with Crippen LogP contribution in [-0.4, -0.2) is 40.5 Å². The number of anilines is 1. The Bertz CT molecular complexity index is 849. The molecule has 0 aliphatic rings. The van der Waals surface area contributed by atoms with Crippen molar-refractivity contribution in [2.45, 2.75) is 13.3 Å². The Morgan fingerprint density at radius 2 is 1.59 bits per heavy atom. The van der Waals surface area contributed by atoms with Crippen molar-refractivity contribution in [3.05, 3.63) is 54.1 Å². The number of benzene rings is 2. The topological polar surface area (TPSA) is 90.9 Å². The fraction of sp³-hybridized carbons (Fsp3) is 0.316. The molecule has 27 heavy (non-hydrogen) atoms. The van der Waals surface area contributed by atoms with Gasteiger partial charge in [-0.15, -0.1) is 0 Å². The molecule has 2 rings (SSSR count). The summed E-state index contributed by atoms with van der Waals surface area (Å²) in [5.41, 5.74) is 0.551. The molecule has 0 saturated carbocycles. The van der Waals surface area contributed by atoms with E-state index in [1.165, 1.54) is 6.07 Å². The molecule has 0 aliphatic heterocycles. The number of hydrogen-bond donors (Lipinski definition) is 1. The van der Waals surface area contributed by atoms with Crippen LogP contribution >= 0.6 is 0 Å². The lowest BCUT2D eigenvalue weighted by Crippen LogP contribution is -2.13. The van der Waals surface area contributed by atoms with E-state index in [0.717, 1.165) is 18.4 Å². The predicted octanol–water partition coefficient (Wildman–Crippen LogP) is 3.08. The standard InChI is InChI=1S/C19H23NO6S/c1-3-11-24-17-7-9-18(10-8-17)25-12-13-26-19(21)15-5-4-6-16(14-15)20-27(2,22)23/h4-10,14,20H,3,11-13H2,1-2H3. The molecule has 0 spiro atoms. The van der Waals surface area contributed by atoms with E-state index in [9.17, 15) is 13.2 Å². The lowest BCUT2D eigenvalue weighted by Gasteiger charge is -2.09. The summed E-state index contributed by atoms with van der Waals surface area (Å²) in [6.07, 6.45) is 1.98. The first-order valence-corrected chi connectivity index (χ1v) is 10.4. The SMILES string of the molecule is CCCOc1ccc(OCCOC(=O)c2cccc(NS(C)(=O)=O)c2)cc1. The van der Waals surface area contributed by atoms with E-state index in [1.54, 1.807) is 30.3 Å². The van der Waals surface area contributed by atoms with Crippen LogP contribution in [0.2, 0.25) is 0 Å². The zero-order valence-electron chi connectivity index (χ0n) is 15.3. The van der Waals surface area contributed by atoms with Gasteiger partial charge in [-0.2, -0.15) is 0 Å². The van der Waals surface area contributed by atoms with Crippen molar-refractivity contribution in [3.63, 3.8) is 0 Å². The molecule has 0 aromatic heterocycles. The minimum Gasteiger partial charge on any atom is -0.494 e. The molecule has 2 aromatic carbocycles. The lowest BCUT2D eigenvalue weighted by atomic mass is 10.2. The Balaban J connectivity index is 1.78. The smallest absolute Gasteiger partial charge is 0.338 e. The molecule has 0 unspecified atom stereocenters. The van der Waals surface area contributed by atoms with Crippen molar-refractivity contribution in [1.82, 2.24) is 0 Å². The van der Waals surface area contributed by atoms with E-state index in [2.05, 4.69) is 4.72 Å². The lowest BCUT2D eigenvalue weighted by molar-refractivity contribution is 0.0450. The third kappa shape index (κ3) is 7.57. The molecule has 7 nitrogen and oxygen atoms in total. The maximum absolute atomic E-state index is 12.0. The molecule has 0 saturated heterocycles. The third-order valence-corrected chi connectivity index (χ3v) is 3.89. The second-order valence-corrected chi connectivity index (χ2v) is 7.51. The van der Waals surface area contributed by atoms with Gasteiger partial charge in [0.25, 0.3) is 0 Å². The van der Waals surface area contributed by atoms with Crippen molar-refractivity contribution in [2.24, 2.45) is 0 Å². The molecule has 0 aliphatic carbocycles. The minimum atomic E-state index is -3.41. The molecule has 8 heteroatoms. The number of esters is 1. The molecule has 1 N–H and O–H groups in total. The Morgan fingerprint density at radius 1 is 0.963 bits per heavy atom. The number of carbonyl (C=O) groups excluding carboxylic acids is 1. The van der Waals surface area contributed by atoms with Crippen molar-refractivity contribution in [3.8, 4) is 11.5 Å². The summed E-state index contributed by atoms with van der Waals surface area (Å²) in [5.74, 6) is 0.867. The fourth-order valence-electron chi connectivity index (χ4n) is 2.15. The van der Waals surface area contributed by atoms with Crippen LogP contribution in [0.15, 0.2) is 48.5 Å². The molecule has 0 bridgehead atoms. The largest absolute Gasteiger partial charge is 0.494 e. The maximum Gasteiger partial charge on any atom is 0.338 e. The van der Waals surface area contributed by atoms with Crippen LogP contribution in [0.25, 0.3) is 0 Å². The highest BCUT2D eigenvalue weighted by atomic mass is 32.2. The van der Waals surface area contributed by atoms with Crippen LogP contribution < -0.4 is 14.2 Å². The van der Waals surface area contributed by atoms with Crippen LogP contribution in [0, 0.1) is 0 Å². The molecule has 146 valence electrons. The monoisotopic (exact) mass is 393 g/mol. The number of nitrogens with one attached hydrogen (secondary N) is 1.